The minimum Gasteiger partial charge on any atom is -0.452 e. The van der Waals surface area contributed by atoms with E-state index in [1.807, 2.05) is 36.4 Å². The Morgan fingerprint density at radius 2 is 0.790 bits per heavy atom. The van der Waals surface area contributed by atoms with E-state index < -0.39 is 0 Å². The Bertz CT molecular complexity index is 3440. The van der Waals surface area contributed by atoms with Gasteiger partial charge in [0.2, 0.25) is 0 Å². The summed E-state index contributed by atoms with van der Waals surface area (Å²) in [5.74, 6) is 0.650. The second-order valence-electron chi connectivity index (χ2n) is 15.7. The number of benzene rings is 9. The minimum absolute atomic E-state index is 0.650. The van der Waals surface area contributed by atoms with E-state index in [4.69, 9.17) is 14.4 Å². The highest BCUT2D eigenvalue weighted by atomic mass is 16.3. The molecule has 12 aromatic rings. The van der Waals surface area contributed by atoms with Crippen LogP contribution in [0.15, 0.2) is 229 Å². The van der Waals surface area contributed by atoms with Gasteiger partial charge in [0, 0.05) is 38.4 Å². The third-order valence-corrected chi connectivity index (χ3v) is 12.0. The number of fused-ring (bicyclic) bond motifs is 6. The van der Waals surface area contributed by atoms with Crippen molar-refractivity contribution in [1.82, 2.24) is 14.5 Å². The van der Waals surface area contributed by atoms with Crippen molar-refractivity contribution in [2.75, 3.05) is 0 Å². The van der Waals surface area contributed by atoms with Crippen molar-refractivity contribution < 1.29 is 4.42 Å². The highest BCUT2D eigenvalue weighted by molar-refractivity contribution is 6.13. The Morgan fingerprint density at radius 3 is 1.31 bits per heavy atom. The molecule has 0 N–H and O–H groups in total. The molecule has 0 saturated heterocycles. The van der Waals surface area contributed by atoms with Gasteiger partial charge in [0.25, 0.3) is 0 Å². The summed E-state index contributed by atoms with van der Waals surface area (Å²) >= 11 is 0. The van der Waals surface area contributed by atoms with E-state index in [-0.39, 0.29) is 0 Å². The Balaban J connectivity index is 1.21. The molecule has 0 atom stereocenters. The Hall–Kier alpha value is -8.34. The van der Waals surface area contributed by atoms with Gasteiger partial charge in [-0.25, -0.2) is 9.97 Å². The molecule has 0 aliphatic carbocycles. The lowest BCUT2D eigenvalue weighted by atomic mass is 9.91. The van der Waals surface area contributed by atoms with Crippen LogP contribution in [0.3, 0.4) is 0 Å². The van der Waals surface area contributed by atoms with Crippen LogP contribution in [-0.4, -0.2) is 14.5 Å². The number of hydrogen-bond donors (Lipinski definition) is 0. The number of aromatic nitrogens is 3. The van der Waals surface area contributed by atoms with Gasteiger partial charge in [-0.3, -0.25) is 0 Å². The Labute approximate surface area is 358 Å². The van der Waals surface area contributed by atoms with Crippen LogP contribution in [0.4, 0.5) is 0 Å². The zero-order chi connectivity index (χ0) is 41.0. The average molecular weight is 792 g/mol. The number of para-hydroxylation sites is 1. The number of rotatable bonds is 7. The topological polar surface area (TPSA) is 43.9 Å². The zero-order valence-corrected chi connectivity index (χ0v) is 33.6. The molecule has 0 unspecified atom stereocenters. The van der Waals surface area contributed by atoms with E-state index in [9.17, 15) is 0 Å². The smallest absolute Gasteiger partial charge is 0.180 e. The number of furan rings is 1. The van der Waals surface area contributed by atoms with Crippen molar-refractivity contribution in [1.29, 1.82) is 0 Å². The van der Waals surface area contributed by atoms with Crippen molar-refractivity contribution >= 4 is 43.9 Å². The second kappa shape index (κ2) is 14.7. The van der Waals surface area contributed by atoms with Crippen molar-refractivity contribution in [3.63, 3.8) is 0 Å². The van der Waals surface area contributed by atoms with Gasteiger partial charge in [-0.1, -0.05) is 176 Å². The fourth-order valence-corrected chi connectivity index (χ4v) is 9.08. The highest BCUT2D eigenvalue weighted by Gasteiger charge is 2.25. The first-order valence-electron chi connectivity index (χ1n) is 21.0. The van der Waals surface area contributed by atoms with E-state index in [2.05, 4.69) is 193 Å². The molecule has 290 valence electrons. The molecule has 3 heterocycles. The first kappa shape index (κ1) is 35.6. The second-order valence-corrected chi connectivity index (χ2v) is 15.7. The molecule has 0 fully saturated rings. The molecular formula is C58H37N3O. The van der Waals surface area contributed by atoms with E-state index in [1.165, 1.54) is 33.0 Å². The molecule has 12 rings (SSSR count). The summed E-state index contributed by atoms with van der Waals surface area (Å²) < 4.78 is 9.18. The maximum absolute atomic E-state index is 6.70. The van der Waals surface area contributed by atoms with Gasteiger partial charge in [0.15, 0.2) is 11.4 Å². The molecule has 0 radical (unpaired) electrons. The lowest BCUT2D eigenvalue weighted by Gasteiger charge is -2.21. The molecule has 0 spiro atoms. The summed E-state index contributed by atoms with van der Waals surface area (Å²) in [6.07, 6.45) is 0. The van der Waals surface area contributed by atoms with E-state index in [0.717, 1.165) is 72.3 Å². The van der Waals surface area contributed by atoms with Crippen LogP contribution in [0.1, 0.15) is 0 Å². The lowest BCUT2D eigenvalue weighted by molar-refractivity contribution is 0.667. The lowest BCUT2D eigenvalue weighted by Crippen LogP contribution is -2.02. The summed E-state index contributed by atoms with van der Waals surface area (Å²) in [7, 11) is 0. The molecule has 62 heavy (non-hydrogen) atoms. The van der Waals surface area contributed by atoms with Gasteiger partial charge >= 0.3 is 0 Å². The predicted octanol–water partition coefficient (Wildman–Crippen LogP) is 15.5. The molecular weight excluding hydrogens is 755 g/mol. The molecule has 0 saturated carbocycles. The summed E-state index contributed by atoms with van der Waals surface area (Å²) in [5.41, 5.74) is 17.3. The maximum Gasteiger partial charge on any atom is 0.180 e. The normalized spacial score (nSPS) is 11.5. The third kappa shape index (κ3) is 6.00. The van der Waals surface area contributed by atoms with Crippen molar-refractivity contribution in [2.45, 2.75) is 0 Å². The van der Waals surface area contributed by atoms with E-state index in [0.29, 0.717) is 11.4 Å². The fourth-order valence-electron chi connectivity index (χ4n) is 9.08. The first-order valence-corrected chi connectivity index (χ1v) is 21.0. The van der Waals surface area contributed by atoms with Crippen molar-refractivity contribution in [2.24, 2.45) is 0 Å². The van der Waals surface area contributed by atoms with Crippen LogP contribution in [0.5, 0.6) is 0 Å². The monoisotopic (exact) mass is 791 g/mol. The van der Waals surface area contributed by atoms with Crippen LogP contribution in [-0.2, 0) is 0 Å². The molecule has 0 bridgehead atoms. The van der Waals surface area contributed by atoms with Crippen LogP contribution in [0.2, 0.25) is 0 Å². The van der Waals surface area contributed by atoms with Crippen LogP contribution in [0, 0.1) is 0 Å². The average Bonchev–Trinajstić information content (AvgIpc) is 3.89. The zero-order valence-electron chi connectivity index (χ0n) is 33.6. The summed E-state index contributed by atoms with van der Waals surface area (Å²) in [6, 6.07) is 79.5. The molecule has 4 nitrogen and oxygen atoms in total. The molecule has 4 heteroatoms. The largest absolute Gasteiger partial charge is 0.452 e. The van der Waals surface area contributed by atoms with Gasteiger partial charge in [0.1, 0.15) is 16.8 Å². The third-order valence-electron chi connectivity index (χ3n) is 12.0. The Morgan fingerprint density at radius 1 is 0.339 bits per heavy atom. The molecule has 0 aliphatic rings. The fraction of sp³-hybridized carbons (Fsp3) is 0. The summed E-state index contributed by atoms with van der Waals surface area (Å²) in [4.78, 5) is 10.5. The van der Waals surface area contributed by atoms with E-state index >= 15 is 0 Å². The van der Waals surface area contributed by atoms with Gasteiger partial charge in [-0.05, 0) is 81.9 Å². The Kier molecular flexibility index (Phi) is 8.46. The van der Waals surface area contributed by atoms with Gasteiger partial charge in [0.05, 0.1) is 16.7 Å². The predicted molar refractivity (Wildman–Crippen MR) is 256 cm³/mol. The highest BCUT2D eigenvalue weighted by Crippen LogP contribution is 2.46. The number of hydrogen-bond acceptors (Lipinski definition) is 3. The summed E-state index contributed by atoms with van der Waals surface area (Å²) in [5, 5.41) is 3.34. The van der Waals surface area contributed by atoms with Crippen molar-refractivity contribution in [3.05, 3.63) is 224 Å². The van der Waals surface area contributed by atoms with Gasteiger partial charge in [-0.2, -0.15) is 0 Å². The molecule has 3 aromatic heterocycles. The quantitative estimate of drug-likeness (QED) is 0.161. The molecule has 0 amide bonds. The number of nitrogens with zero attached hydrogens (tertiary/aromatic N) is 3. The van der Waals surface area contributed by atoms with Gasteiger partial charge < -0.3 is 8.98 Å². The SMILES string of the molecule is c1ccc(-c2ccc3c(c2)c2cc(-c4ccccc4)ccc2n3-c2c(-c3ccccc3)cc(-c3nc(-c4ccccc4)nc4c3oc3ccccc34)cc2-c2ccccc2)cc1. The molecule has 9 aromatic carbocycles. The standard InChI is InChI=1S/C58H37N3O/c1-6-18-38(19-7-1)43-30-32-51-49(34-43)50-35-44(39-20-8-2-9-21-39)31-33-52(50)61(51)56-47(40-22-10-3-11-23-40)36-45(37-48(56)41-24-12-4-13-25-41)54-57-55(46-28-16-17-29-53(46)62-57)60-58(59-54)42-26-14-5-15-27-42/h1-37H. The van der Waals surface area contributed by atoms with Crippen LogP contribution < -0.4 is 0 Å². The van der Waals surface area contributed by atoms with E-state index in [1.54, 1.807) is 0 Å². The first-order chi connectivity index (χ1) is 30.7. The van der Waals surface area contributed by atoms with Crippen molar-refractivity contribution in [3.8, 4) is 72.8 Å². The maximum atomic E-state index is 6.70. The minimum atomic E-state index is 0.650. The van der Waals surface area contributed by atoms with Crippen LogP contribution >= 0.6 is 0 Å². The molecule has 0 aliphatic heterocycles. The van der Waals surface area contributed by atoms with Crippen LogP contribution in [0.25, 0.3) is 117 Å². The van der Waals surface area contributed by atoms with Gasteiger partial charge in [-0.15, -0.1) is 0 Å². The summed E-state index contributed by atoms with van der Waals surface area (Å²) in [6.45, 7) is 0.